The van der Waals surface area contributed by atoms with Crippen molar-refractivity contribution in [3.63, 3.8) is 0 Å². The number of halogens is 4. The van der Waals surface area contributed by atoms with E-state index in [2.05, 4.69) is 15.2 Å². The van der Waals surface area contributed by atoms with Gasteiger partial charge in [-0.1, -0.05) is 48.0 Å². The molecule has 0 saturated carbocycles. The summed E-state index contributed by atoms with van der Waals surface area (Å²) in [7, 11) is 0. The van der Waals surface area contributed by atoms with Gasteiger partial charge in [0.25, 0.3) is 17.6 Å². The molecule has 0 bridgehead atoms. The number of nitrogens with zero attached hydrogens (tertiary/aromatic N) is 4. The second-order valence-corrected chi connectivity index (χ2v) is 7.84. The van der Waals surface area contributed by atoms with Crippen LogP contribution in [0.5, 0.6) is 0 Å². The molecule has 0 atom stereocenters. The van der Waals surface area contributed by atoms with Crippen molar-refractivity contribution in [2.24, 2.45) is 0 Å². The van der Waals surface area contributed by atoms with Crippen molar-refractivity contribution >= 4 is 28.3 Å². The molecule has 0 saturated heterocycles. The van der Waals surface area contributed by atoms with Gasteiger partial charge in [0.15, 0.2) is 0 Å². The largest absolute Gasteiger partial charge is 0.432 e. The quantitative estimate of drug-likeness (QED) is 0.286. The Morgan fingerprint density at radius 2 is 1.71 bits per heavy atom. The fourth-order valence-electron chi connectivity index (χ4n) is 3.78. The molecule has 5 rings (SSSR count). The number of fused-ring (bicyclic) bond motifs is 1. The van der Waals surface area contributed by atoms with E-state index >= 15 is 0 Å². The van der Waals surface area contributed by atoms with Crippen LogP contribution in [0.25, 0.3) is 22.5 Å². The summed E-state index contributed by atoms with van der Waals surface area (Å²) in [6, 6.07) is 17.6. The molecule has 0 fully saturated rings. The summed E-state index contributed by atoms with van der Waals surface area (Å²) in [4.78, 5) is 17.4. The van der Waals surface area contributed by atoms with E-state index < -0.39 is 29.1 Å². The van der Waals surface area contributed by atoms with E-state index in [9.17, 15) is 18.0 Å². The first-order valence-corrected chi connectivity index (χ1v) is 10.4. The highest BCUT2D eigenvalue weighted by molar-refractivity contribution is 6.30. The number of benzene rings is 2. The Labute approximate surface area is 195 Å². The predicted molar refractivity (Wildman–Crippen MR) is 118 cm³/mol. The zero-order chi connectivity index (χ0) is 23.9. The zero-order valence-corrected chi connectivity index (χ0v) is 18.0. The molecular formula is C24H14ClF3N4O2. The van der Waals surface area contributed by atoms with E-state index in [-0.39, 0.29) is 23.3 Å². The molecule has 2 aromatic carbocycles. The lowest BCUT2D eigenvalue weighted by Crippen LogP contribution is -2.19. The van der Waals surface area contributed by atoms with Crippen molar-refractivity contribution in [3.8, 4) is 11.6 Å². The van der Waals surface area contributed by atoms with Crippen molar-refractivity contribution in [3.05, 3.63) is 101 Å². The van der Waals surface area contributed by atoms with E-state index in [4.69, 9.17) is 16.0 Å². The summed E-state index contributed by atoms with van der Waals surface area (Å²) in [6.07, 6.45) is -3.34. The highest BCUT2D eigenvalue weighted by Gasteiger charge is 2.42. The zero-order valence-electron chi connectivity index (χ0n) is 17.3. The topological polar surface area (TPSA) is 73.8 Å². The average molecular weight is 483 g/mol. The maximum absolute atomic E-state index is 14.4. The van der Waals surface area contributed by atoms with E-state index in [1.807, 2.05) is 0 Å². The minimum Gasteiger partial charge on any atom is -0.412 e. The van der Waals surface area contributed by atoms with Crippen molar-refractivity contribution in [2.45, 2.75) is 12.7 Å². The molecule has 34 heavy (non-hydrogen) atoms. The summed E-state index contributed by atoms with van der Waals surface area (Å²) >= 11 is 5.91. The van der Waals surface area contributed by atoms with Crippen molar-refractivity contribution < 1.29 is 22.4 Å². The van der Waals surface area contributed by atoms with E-state index in [1.54, 1.807) is 54.6 Å². The molecule has 3 aromatic heterocycles. The standard InChI is InChI=1S/C24H14ClF3N4O2/c25-15-10-8-14(9-11-15)13-32-18-7-2-1-5-16(18)19(21(32)24(26,27)28)20(33)23-31-30-22(34-23)17-6-3-4-12-29-17/h1-12H,13H2. The van der Waals surface area contributed by atoms with Crippen LogP contribution < -0.4 is 0 Å². The van der Waals surface area contributed by atoms with Crippen LogP contribution in [0.15, 0.2) is 77.3 Å². The third kappa shape index (κ3) is 3.94. The van der Waals surface area contributed by atoms with Gasteiger partial charge in [-0.15, -0.1) is 10.2 Å². The number of para-hydroxylation sites is 1. The monoisotopic (exact) mass is 482 g/mol. The Morgan fingerprint density at radius 3 is 2.41 bits per heavy atom. The number of alkyl halides is 3. The third-order valence-electron chi connectivity index (χ3n) is 5.22. The molecule has 0 amide bonds. The first-order chi connectivity index (χ1) is 16.3. The Morgan fingerprint density at radius 1 is 0.971 bits per heavy atom. The summed E-state index contributed by atoms with van der Waals surface area (Å²) in [6.45, 7) is -0.122. The van der Waals surface area contributed by atoms with Crippen LogP contribution in [0.1, 0.15) is 27.5 Å². The van der Waals surface area contributed by atoms with Gasteiger partial charge in [0.2, 0.25) is 0 Å². The first-order valence-electron chi connectivity index (χ1n) is 10.1. The van der Waals surface area contributed by atoms with Crippen molar-refractivity contribution in [1.29, 1.82) is 0 Å². The third-order valence-corrected chi connectivity index (χ3v) is 5.48. The molecule has 0 radical (unpaired) electrons. The number of aromatic nitrogens is 4. The highest BCUT2D eigenvalue weighted by Crippen LogP contribution is 2.39. The Balaban J connectivity index is 1.67. The van der Waals surface area contributed by atoms with Gasteiger partial charge in [0.05, 0.1) is 5.56 Å². The maximum Gasteiger partial charge on any atom is 0.432 e. The van der Waals surface area contributed by atoms with E-state index in [0.29, 0.717) is 16.3 Å². The molecule has 5 aromatic rings. The molecule has 0 N–H and O–H groups in total. The lowest BCUT2D eigenvalue weighted by atomic mass is 10.1. The van der Waals surface area contributed by atoms with Crippen LogP contribution in [0.2, 0.25) is 5.02 Å². The Kier molecular flexibility index (Phi) is 5.41. The Hall–Kier alpha value is -3.98. The molecule has 0 spiro atoms. The number of carbonyl (C=O) groups is 1. The maximum atomic E-state index is 14.4. The minimum atomic E-state index is -4.83. The van der Waals surface area contributed by atoms with Crippen LogP contribution in [-0.4, -0.2) is 25.5 Å². The van der Waals surface area contributed by atoms with Gasteiger partial charge in [-0.3, -0.25) is 9.78 Å². The number of rotatable bonds is 5. The Bertz CT molecular complexity index is 1490. The van der Waals surface area contributed by atoms with Gasteiger partial charge in [0.1, 0.15) is 11.4 Å². The van der Waals surface area contributed by atoms with Crippen LogP contribution in [0, 0.1) is 0 Å². The SMILES string of the molecule is O=C(c1nnc(-c2ccccn2)o1)c1c(C(F)(F)F)n(Cc2ccc(Cl)cc2)c2ccccc12. The molecule has 10 heteroatoms. The smallest absolute Gasteiger partial charge is 0.412 e. The van der Waals surface area contributed by atoms with Crippen LogP contribution in [-0.2, 0) is 12.7 Å². The lowest BCUT2D eigenvalue weighted by Gasteiger charge is -2.14. The number of hydrogen-bond donors (Lipinski definition) is 0. The number of hydrogen-bond acceptors (Lipinski definition) is 5. The highest BCUT2D eigenvalue weighted by atomic mass is 35.5. The molecule has 6 nitrogen and oxygen atoms in total. The molecule has 3 heterocycles. The number of pyridine rings is 1. The fraction of sp³-hybridized carbons (Fsp3) is 0.0833. The lowest BCUT2D eigenvalue weighted by molar-refractivity contribution is -0.143. The van der Waals surface area contributed by atoms with Crippen molar-refractivity contribution in [1.82, 2.24) is 19.7 Å². The van der Waals surface area contributed by atoms with E-state index in [1.165, 1.54) is 18.3 Å². The van der Waals surface area contributed by atoms with Gasteiger partial charge < -0.3 is 8.98 Å². The van der Waals surface area contributed by atoms with Crippen molar-refractivity contribution in [2.75, 3.05) is 0 Å². The van der Waals surface area contributed by atoms with Crippen LogP contribution in [0.4, 0.5) is 13.2 Å². The predicted octanol–water partition coefficient (Wildman–Crippen LogP) is 6.04. The summed E-state index contributed by atoms with van der Waals surface area (Å²) in [5.74, 6) is -1.64. The van der Waals surface area contributed by atoms with Gasteiger partial charge in [-0.05, 0) is 35.9 Å². The van der Waals surface area contributed by atoms with Gasteiger partial charge in [0, 0.05) is 28.7 Å². The first kappa shape index (κ1) is 21.8. The normalized spacial score (nSPS) is 11.8. The van der Waals surface area contributed by atoms with Crippen LogP contribution >= 0.6 is 11.6 Å². The molecule has 0 aliphatic carbocycles. The summed E-state index contributed by atoms with van der Waals surface area (Å²) in [5, 5.41) is 8.09. The minimum absolute atomic E-state index is 0.0672. The number of carbonyl (C=O) groups excluding carboxylic acids is 1. The second-order valence-electron chi connectivity index (χ2n) is 7.41. The average Bonchev–Trinajstić information content (AvgIpc) is 3.44. The van der Waals surface area contributed by atoms with Gasteiger partial charge in [-0.25, -0.2) is 0 Å². The van der Waals surface area contributed by atoms with Crippen LogP contribution in [0.3, 0.4) is 0 Å². The molecule has 0 unspecified atom stereocenters. The summed E-state index contributed by atoms with van der Waals surface area (Å²) < 4.78 is 49.7. The summed E-state index contributed by atoms with van der Waals surface area (Å²) in [5.41, 5.74) is -0.503. The molecule has 170 valence electrons. The fourth-order valence-corrected chi connectivity index (χ4v) is 3.91. The van der Waals surface area contributed by atoms with Gasteiger partial charge in [-0.2, -0.15) is 13.2 Å². The van der Waals surface area contributed by atoms with Gasteiger partial charge >= 0.3 is 6.18 Å². The molecular weight excluding hydrogens is 469 g/mol. The number of ketones is 1. The molecule has 0 aliphatic heterocycles. The van der Waals surface area contributed by atoms with E-state index in [0.717, 1.165) is 4.57 Å². The molecule has 0 aliphatic rings. The second kappa shape index (κ2) is 8.42.